The van der Waals surface area contributed by atoms with E-state index < -0.39 is 11.9 Å². The van der Waals surface area contributed by atoms with Gasteiger partial charge in [0, 0.05) is 56.2 Å². The molecule has 3 aliphatic carbocycles. The molecule has 0 radical (unpaired) electrons. The molecular formula is C22H29ClFN5O4. The van der Waals surface area contributed by atoms with Gasteiger partial charge in [0.1, 0.15) is 11.6 Å². The third-order valence-corrected chi connectivity index (χ3v) is 7.61. The molecule has 180 valence electrons. The van der Waals surface area contributed by atoms with E-state index in [-0.39, 0.29) is 46.8 Å². The highest BCUT2D eigenvalue weighted by molar-refractivity contribution is 6.30. The molecule has 1 aromatic rings. The van der Waals surface area contributed by atoms with E-state index >= 15 is 0 Å². The maximum Gasteiger partial charge on any atom is 0.258 e. The van der Waals surface area contributed by atoms with E-state index in [1.165, 1.54) is 12.1 Å². The summed E-state index contributed by atoms with van der Waals surface area (Å²) in [5.74, 6) is 0.0156. The predicted molar refractivity (Wildman–Crippen MR) is 118 cm³/mol. The lowest BCUT2D eigenvalue weighted by Crippen LogP contribution is -2.54. The smallest absolute Gasteiger partial charge is 0.258 e. The normalized spacial score (nSPS) is 35.3. The van der Waals surface area contributed by atoms with E-state index in [0.29, 0.717) is 24.7 Å². The molecule has 4 N–H and O–H groups in total. The minimum Gasteiger partial charge on any atom is -0.484 e. The Bertz CT molecular complexity index is 930. The Morgan fingerprint density at radius 3 is 2.88 bits per heavy atom. The zero-order chi connectivity index (χ0) is 23.2. The molecule has 0 spiro atoms. The highest BCUT2D eigenvalue weighted by atomic mass is 35.5. The van der Waals surface area contributed by atoms with Crippen LogP contribution in [0.15, 0.2) is 18.2 Å². The number of ether oxygens (including phenoxy) is 1. The summed E-state index contributed by atoms with van der Waals surface area (Å²) in [5, 5.41) is 8.24. The number of hydrogen-bond donors (Lipinski definition) is 4. The highest BCUT2D eigenvalue weighted by Gasteiger charge is 2.57. The lowest BCUT2D eigenvalue weighted by molar-refractivity contribution is -0.136. The summed E-state index contributed by atoms with van der Waals surface area (Å²) < 4.78 is 18.9. The van der Waals surface area contributed by atoms with Crippen molar-refractivity contribution >= 4 is 23.4 Å². The largest absolute Gasteiger partial charge is 0.484 e. The van der Waals surface area contributed by atoms with Crippen LogP contribution in [-0.4, -0.2) is 67.3 Å². The Balaban J connectivity index is 1.06. The first-order valence-corrected chi connectivity index (χ1v) is 11.7. The van der Waals surface area contributed by atoms with Gasteiger partial charge < -0.3 is 15.4 Å². The van der Waals surface area contributed by atoms with Crippen molar-refractivity contribution in [2.24, 2.45) is 11.8 Å². The Hall–Kier alpha value is -1.98. The number of halogens is 2. The van der Waals surface area contributed by atoms with Crippen LogP contribution in [0.1, 0.15) is 25.7 Å². The van der Waals surface area contributed by atoms with Crippen LogP contribution in [0.2, 0.25) is 5.02 Å². The van der Waals surface area contributed by atoms with Gasteiger partial charge in [0.05, 0.1) is 5.02 Å². The quantitative estimate of drug-likeness (QED) is 0.455. The Morgan fingerprint density at radius 2 is 2.15 bits per heavy atom. The summed E-state index contributed by atoms with van der Waals surface area (Å²) in [6.07, 6.45) is 2.51. The monoisotopic (exact) mass is 481 g/mol. The molecule has 4 unspecified atom stereocenters. The Labute approximate surface area is 196 Å². The summed E-state index contributed by atoms with van der Waals surface area (Å²) in [6.45, 7) is 1.58. The van der Waals surface area contributed by atoms with Gasteiger partial charge in [-0.15, -0.1) is 0 Å². The van der Waals surface area contributed by atoms with E-state index in [0.717, 1.165) is 32.0 Å². The molecule has 9 nitrogen and oxygen atoms in total. The molecule has 2 bridgehead atoms. The summed E-state index contributed by atoms with van der Waals surface area (Å²) in [4.78, 5) is 30.8. The van der Waals surface area contributed by atoms with Crippen LogP contribution >= 0.6 is 11.6 Å². The summed E-state index contributed by atoms with van der Waals surface area (Å²) in [5.41, 5.74) is 6.04. The van der Waals surface area contributed by atoms with E-state index in [1.807, 2.05) is 7.05 Å². The molecule has 11 heteroatoms. The first-order valence-electron chi connectivity index (χ1n) is 11.4. The fourth-order valence-corrected chi connectivity index (χ4v) is 5.70. The van der Waals surface area contributed by atoms with E-state index in [2.05, 4.69) is 26.5 Å². The van der Waals surface area contributed by atoms with E-state index in [4.69, 9.17) is 21.2 Å². The second-order valence-corrected chi connectivity index (χ2v) is 10.2. The number of hydrazine groups is 1. The van der Waals surface area contributed by atoms with Crippen LogP contribution in [0.5, 0.6) is 5.75 Å². The van der Waals surface area contributed by atoms with Gasteiger partial charge in [-0.25, -0.2) is 9.40 Å². The van der Waals surface area contributed by atoms with Crippen molar-refractivity contribution in [2.45, 2.75) is 49.4 Å². The van der Waals surface area contributed by atoms with Crippen molar-refractivity contribution in [3.63, 3.8) is 0 Å². The molecule has 6 rings (SSSR count). The van der Waals surface area contributed by atoms with Gasteiger partial charge in [-0.05, 0) is 37.3 Å². The number of hydroxylamine groups is 1. The number of carbonyl (C=O) groups excluding carboxylic acids is 2. The molecule has 3 saturated carbocycles. The van der Waals surface area contributed by atoms with Crippen molar-refractivity contribution in [1.82, 2.24) is 26.5 Å². The first kappa shape index (κ1) is 22.8. The maximum atomic E-state index is 13.5. The van der Waals surface area contributed by atoms with Crippen LogP contribution < -0.4 is 26.3 Å². The fraction of sp³-hybridized carbons (Fsp3) is 0.636. The van der Waals surface area contributed by atoms with Gasteiger partial charge in [-0.2, -0.15) is 5.48 Å². The summed E-state index contributed by atoms with van der Waals surface area (Å²) in [6, 6.07) is 4.19. The van der Waals surface area contributed by atoms with Crippen LogP contribution in [0.4, 0.5) is 4.39 Å². The van der Waals surface area contributed by atoms with Gasteiger partial charge in [0.25, 0.3) is 11.8 Å². The first-order chi connectivity index (χ1) is 15.8. The zero-order valence-electron chi connectivity index (χ0n) is 18.4. The van der Waals surface area contributed by atoms with Crippen LogP contribution in [0, 0.1) is 17.7 Å². The fourth-order valence-electron chi connectivity index (χ4n) is 5.58. The Morgan fingerprint density at radius 1 is 1.33 bits per heavy atom. The number of benzene rings is 1. The van der Waals surface area contributed by atoms with Crippen LogP contribution in [0.3, 0.4) is 0 Å². The van der Waals surface area contributed by atoms with Gasteiger partial charge >= 0.3 is 0 Å². The van der Waals surface area contributed by atoms with Crippen molar-refractivity contribution < 1.29 is 23.6 Å². The molecule has 2 saturated heterocycles. The molecular weight excluding hydrogens is 453 g/mol. The van der Waals surface area contributed by atoms with Gasteiger partial charge in [0.2, 0.25) is 0 Å². The SMILES string of the molecule is CN1CC(C2CC(C(=O)NC34CC(C3)C(NC(=O)COc3ccc(Cl)c(F)c3)C4)ON2)CN1. The van der Waals surface area contributed by atoms with Crippen molar-refractivity contribution in [3.05, 3.63) is 29.0 Å². The van der Waals surface area contributed by atoms with Crippen molar-refractivity contribution in [1.29, 1.82) is 0 Å². The topological polar surface area (TPSA) is 104 Å². The molecule has 2 aliphatic heterocycles. The minimum atomic E-state index is -0.594. The molecule has 5 fully saturated rings. The Kier molecular flexibility index (Phi) is 6.21. The average Bonchev–Trinajstić information content (AvgIpc) is 3.52. The van der Waals surface area contributed by atoms with Gasteiger partial charge in [-0.3, -0.25) is 19.9 Å². The molecule has 0 aromatic heterocycles. The summed E-state index contributed by atoms with van der Waals surface area (Å²) in [7, 11) is 2.01. The molecule has 5 aliphatic rings. The zero-order valence-corrected chi connectivity index (χ0v) is 19.2. The van der Waals surface area contributed by atoms with Gasteiger partial charge in [0.15, 0.2) is 12.7 Å². The molecule has 1 aromatic carbocycles. The number of hydrogen-bond acceptors (Lipinski definition) is 7. The number of nitrogens with zero attached hydrogens (tertiary/aromatic N) is 1. The molecule has 4 atom stereocenters. The van der Waals surface area contributed by atoms with Crippen LogP contribution in [-0.2, 0) is 14.4 Å². The second-order valence-electron chi connectivity index (χ2n) is 9.75. The number of nitrogens with one attached hydrogen (secondary N) is 4. The molecule has 2 amide bonds. The van der Waals surface area contributed by atoms with Gasteiger partial charge in [-0.1, -0.05) is 11.6 Å². The van der Waals surface area contributed by atoms with Crippen molar-refractivity contribution in [2.75, 3.05) is 26.7 Å². The number of amides is 2. The second kappa shape index (κ2) is 8.99. The van der Waals surface area contributed by atoms with Crippen molar-refractivity contribution in [3.8, 4) is 5.75 Å². The van der Waals surface area contributed by atoms with E-state index in [9.17, 15) is 14.0 Å². The van der Waals surface area contributed by atoms with Crippen LogP contribution in [0.25, 0.3) is 0 Å². The average molecular weight is 482 g/mol. The lowest BCUT2D eigenvalue weighted by Gasteiger charge is -2.39. The predicted octanol–water partition coefficient (Wildman–Crippen LogP) is 0.740. The number of rotatable bonds is 7. The third kappa shape index (κ3) is 4.81. The minimum absolute atomic E-state index is 0.00216. The third-order valence-electron chi connectivity index (χ3n) is 7.30. The number of carbonyl (C=O) groups is 2. The molecule has 2 heterocycles. The van der Waals surface area contributed by atoms with E-state index in [1.54, 1.807) is 0 Å². The standard InChI is InChI=1S/C22H29ClFN5O4/c1-29-10-13(9-25-29)17-5-19(33-28-17)21(31)27-22-6-12(7-22)18(8-22)26-20(30)11-32-14-2-3-15(23)16(24)4-14/h2-4,12-13,17-19,25,28H,5-11H2,1H3,(H,26,30)(H,27,31). The maximum absolute atomic E-state index is 13.5. The lowest BCUT2D eigenvalue weighted by atomic mass is 9.76. The summed E-state index contributed by atoms with van der Waals surface area (Å²) >= 11 is 5.65. The number of fused-ring (bicyclic) bond motifs is 1. The molecule has 33 heavy (non-hydrogen) atoms. The highest BCUT2D eigenvalue weighted by Crippen LogP contribution is 2.52.